The molecule has 0 spiro atoms. The van der Waals surface area contributed by atoms with Gasteiger partial charge in [-0.05, 0) is 74.2 Å². The van der Waals surface area contributed by atoms with Gasteiger partial charge in [0.25, 0.3) is 0 Å². The van der Waals surface area contributed by atoms with E-state index in [0.717, 1.165) is 35.5 Å². The largest absolute Gasteiger partial charge is 0.376 e. The van der Waals surface area contributed by atoms with Gasteiger partial charge < -0.3 is 9.64 Å². The number of hydrogen-bond acceptors (Lipinski definition) is 5. The van der Waals surface area contributed by atoms with Crippen LogP contribution in [0.2, 0.25) is 0 Å². The maximum atomic E-state index is 13.4. The van der Waals surface area contributed by atoms with Gasteiger partial charge in [-0.25, -0.2) is 8.42 Å². The molecule has 1 amide bonds. The number of sulfonamides is 1. The van der Waals surface area contributed by atoms with Gasteiger partial charge >= 0.3 is 0 Å². The predicted octanol–water partition coefficient (Wildman–Crippen LogP) is 3.97. The van der Waals surface area contributed by atoms with Gasteiger partial charge in [-0.2, -0.15) is 4.31 Å². The van der Waals surface area contributed by atoms with E-state index < -0.39 is 10.0 Å². The Balaban J connectivity index is 1.41. The van der Waals surface area contributed by atoms with E-state index in [1.54, 1.807) is 23.5 Å². The summed E-state index contributed by atoms with van der Waals surface area (Å²) in [5.74, 6) is -0.0281. The molecule has 0 aliphatic carbocycles. The van der Waals surface area contributed by atoms with Gasteiger partial charge in [0.05, 0.1) is 17.5 Å². The summed E-state index contributed by atoms with van der Waals surface area (Å²) < 4.78 is 33.6. The number of carbonyl (C=O) groups excluding carboxylic acids is 1. The Morgan fingerprint density at radius 1 is 1.16 bits per heavy atom. The van der Waals surface area contributed by atoms with Crippen LogP contribution in [-0.4, -0.2) is 55.9 Å². The van der Waals surface area contributed by atoms with Crippen LogP contribution < -0.4 is 0 Å². The molecule has 1 aromatic heterocycles. The van der Waals surface area contributed by atoms with Crippen LogP contribution in [0, 0.1) is 19.8 Å². The summed E-state index contributed by atoms with van der Waals surface area (Å²) in [4.78, 5) is 16.9. The number of rotatable bonds is 7. The number of nitrogens with zero attached hydrogens (tertiary/aromatic N) is 2. The van der Waals surface area contributed by atoms with Gasteiger partial charge in [-0.15, -0.1) is 11.3 Å². The van der Waals surface area contributed by atoms with Gasteiger partial charge in [-0.3, -0.25) is 4.79 Å². The molecule has 0 N–H and O–H groups in total. The number of thiophene rings is 1. The summed E-state index contributed by atoms with van der Waals surface area (Å²) in [6.45, 7) is 6.61. The van der Waals surface area contributed by atoms with E-state index in [-0.39, 0.29) is 17.9 Å². The van der Waals surface area contributed by atoms with Crippen molar-refractivity contribution in [3.8, 4) is 0 Å². The second-order valence-electron chi connectivity index (χ2n) is 8.86. The van der Waals surface area contributed by atoms with Gasteiger partial charge in [0.15, 0.2) is 0 Å². The first kappa shape index (κ1) is 23.4. The Labute approximate surface area is 195 Å². The van der Waals surface area contributed by atoms with Crippen molar-refractivity contribution in [1.82, 2.24) is 9.21 Å². The third-order valence-electron chi connectivity index (χ3n) is 6.61. The first-order valence-electron chi connectivity index (χ1n) is 11.3. The molecule has 1 atom stereocenters. The van der Waals surface area contributed by atoms with Crippen molar-refractivity contribution in [3.63, 3.8) is 0 Å². The Hall–Kier alpha value is -1.74. The number of piperidine rings is 1. The van der Waals surface area contributed by atoms with Crippen molar-refractivity contribution in [2.75, 3.05) is 26.2 Å². The number of ether oxygens (including phenoxy) is 1. The van der Waals surface area contributed by atoms with Crippen LogP contribution in [0.15, 0.2) is 40.6 Å². The molecule has 8 heteroatoms. The molecule has 2 aromatic rings. The normalized spacial score (nSPS) is 20.5. The number of hydrogen-bond donors (Lipinski definition) is 0. The highest BCUT2D eigenvalue weighted by Crippen LogP contribution is 2.27. The smallest absolute Gasteiger partial charge is 0.243 e. The van der Waals surface area contributed by atoms with Crippen LogP contribution in [0.3, 0.4) is 0 Å². The molecule has 2 aliphatic rings. The molecule has 0 saturated carbocycles. The number of carbonyl (C=O) groups is 1. The van der Waals surface area contributed by atoms with Crippen molar-refractivity contribution in [2.45, 2.75) is 57.1 Å². The lowest BCUT2D eigenvalue weighted by molar-refractivity contribution is -0.139. The third kappa shape index (κ3) is 5.25. The van der Waals surface area contributed by atoms with Crippen molar-refractivity contribution < 1.29 is 17.9 Å². The minimum absolute atomic E-state index is 0.101. The van der Waals surface area contributed by atoms with E-state index in [4.69, 9.17) is 4.74 Å². The second kappa shape index (κ2) is 10.0. The average Bonchev–Trinajstić information content (AvgIpc) is 3.49. The lowest BCUT2D eigenvalue weighted by Gasteiger charge is -2.34. The predicted molar refractivity (Wildman–Crippen MR) is 126 cm³/mol. The molecule has 2 fully saturated rings. The molecule has 1 aromatic carbocycles. The summed E-state index contributed by atoms with van der Waals surface area (Å²) in [7, 11) is -3.54. The monoisotopic (exact) mass is 476 g/mol. The van der Waals surface area contributed by atoms with E-state index in [1.165, 1.54) is 4.31 Å². The molecular weight excluding hydrogens is 444 g/mol. The van der Waals surface area contributed by atoms with Gasteiger partial charge in [0.1, 0.15) is 0 Å². The van der Waals surface area contributed by atoms with Crippen molar-refractivity contribution in [1.29, 1.82) is 0 Å². The van der Waals surface area contributed by atoms with E-state index >= 15 is 0 Å². The van der Waals surface area contributed by atoms with Crippen LogP contribution in [0.4, 0.5) is 0 Å². The molecule has 1 unspecified atom stereocenters. The SMILES string of the molecule is Cc1ccc(S(=O)(=O)N2CCC(C(=O)N(Cc3cccs3)CC3CCCO3)CC2)cc1C. The molecule has 0 radical (unpaired) electrons. The van der Waals surface area contributed by atoms with Crippen molar-refractivity contribution in [2.24, 2.45) is 5.92 Å². The molecule has 2 saturated heterocycles. The summed E-state index contributed by atoms with van der Waals surface area (Å²) in [6.07, 6.45) is 3.23. The minimum Gasteiger partial charge on any atom is -0.376 e. The summed E-state index contributed by atoms with van der Waals surface area (Å²) in [5.41, 5.74) is 2.04. The maximum Gasteiger partial charge on any atom is 0.243 e. The van der Waals surface area contributed by atoms with Crippen molar-refractivity contribution in [3.05, 3.63) is 51.7 Å². The van der Waals surface area contributed by atoms with Gasteiger partial charge in [0.2, 0.25) is 15.9 Å². The third-order valence-corrected chi connectivity index (χ3v) is 9.36. The Kier molecular flexibility index (Phi) is 7.34. The van der Waals surface area contributed by atoms with Gasteiger partial charge in [0, 0.05) is 37.0 Å². The fourth-order valence-corrected chi connectivity index (χ4v) is 6.76. The highest BCUT2D eigenvalue weighted by Gasteiger charge is 2.35. The quantitative estimate of drug-likeness (QED) is 0.606. The zero-order chi connectivity index (χ0) is 22.7. The number of aryl methyl sites for hydroxylation is 2. The number of amides is 1. The summed E-state index contributed by atoms with van der Waals surface area (Å²) in [5, 5.41) is 2.03. The first-order chi connectivity index (χ1) is 15.3. The van der Waals surface area contributed by atoms with E-state index in [2.05, 4.69) is 6.07 Å². The molecule has 6 nitrogen and oxygen atoms in total. The summed E-state index contributed by atoms with van der Waals surface area (Å²) in [6, 6.07) is 9.33. The van der Waals surface area contributed by atoms with Crippen LogP contribution in [0.1, 0.15) is 41.7 Å². The van der Waals surface area contributed by atoms with Crippen LogP contribution in [0.5, 0.6) is 0 Å². The molecule has 4 rings (SSSR count). The Morgan fingerprint density at radius 3 is 2.56 bits per heavy atom. The topological polar surface area (TPSA) is 66.9 Å². The van der Waals surface area contributed by atoms with Crippen LogP contribution in [-0.2, 0) is 26.1 Å². The van der Waals surface area contributed by atoms with E-state index in [1.807, 2.05) is 36.3 Å². The molecule has 2 aliphatic heterocycles. The lowest BCUT2D eigenvalue weighted by Crippen LogP contribution is -2.45. The molecule has 32 heavy (non-hydrogen) atoms. The van der Waals surface area contributed by atoms with Crippen molar-refractivity contribution >= 4 is 27.3 Å². The van der Waals surface area contributed by atoms with E-state index in [0.29, 0.717) is 43.9 Å². The fourth-order valence-electron chi connectivity index (χ4n) is 4.48. The fraction of sp³-hybridized carbons (Fsp3) is 0.542. The minimum atomic E-state index is -3.54. The molecular formula is C24H32N2O4S2. The maximum absolute atomic E-state index is 13.4. The molecule has 0 bridgehead atoms. The molecule has 174 valence electrons. The Morgan fingerprint density at radius 2 is 1.94 bits per heavy atom. The van der Waals surface area contributed by atoms with Crippen LogP contribution >= 0.6 is 11.3 Å². The zero-order valence-electron chi connectivity index (χ0n) is 18.8. The van der Waals surface area contributed by atoms with E-state index in [9.17, 15) is 13.2 Å². The van der Waals surface area contributed by atoms with Crippen LogP contribution in [0.25, 0.3) is 0 Å². The molecule has 3 heterocycles. The standard InChI is InChI=1S/C24H32N2O4S2/c1-18-7-8-23(15-19(18)2)32(28,29)26-11-9-20(10-12-26)24(27)25(16-21-5-3-13-30-21)17-22-6-4-14-31-22/h4,6-8,14-15,20-21H,3,5,9-13,16-17H2,1-2H3. The average molecular weight is 477 g/mol. The Bertz CT molecular complexity index is 1020. The second-order valence-corrected chi connectivity index (χ2v) is 11.8. The van der Waals surface area contributed by atoms with Gasteiger partial charge in [-0.1, -0.05) is 12.1 Å². The number of benzene rings is 1. The highest BCUT2D eigenvalue weighted by atomic mass is 32.2. The lowest BCUT2D eigenvalue weighted by atomic mass is 9.96. The summed E-state index contributed by atoms with van der Waals surface area (Å²) >= 11 is 1.65. The first-order valence-corrected chi connectivity index (χ1v) is 13.7. The highest BCUT2D eigenvalue weighted by molar-refractivity contribution is 7.89. The zero-order valence-corrected chi connectivity index (χ0v) is 20.5.